The summed E-state index contributed by atoms with van der Waals surface area (Å²) in [6, 6.07) is 0.576. The highest BCUT2D eigenvalue weighted by molar-refractivity contribution is 14.0. The minimum absolute atomic E-state index is 0. The van der Waals surface area contributed by atoms with Gasteiger partial charge < -0.3 is 20.3 Å². The zero-order chi connectivity index (χ0) is 16.4. The van der Waals surface area contributed by atoms with Gasteiger partial charge in [-0.05, 0) is 45.6 Å². The van der Waals surface area contributed by atoms with Crippen molar-refractivity contribution in [2.24, 2.45) is 10.4 Å². The van der Waals surface area contributed by atoms with Crippen molar-refractivity contribution in [1.82, 2.24) is 15.5 Å². The number of rotatable bonds is 9. The fraction of sp³-hybridized carbons (Fsp3) is 0.941. The Balaban J connectivity index is 0.00000484. The smallest absolute Gasteiger partial charge is 0.191 e. The van der Waals surface area contributed by atoms with Crippen molar-refractivity contribution < 1.29 is 4.74 Å². The van der Waals surface area contributed by atoms with Gasteiger partial charge in [-0.25, -0.2) is 0 Å². The van der Waals surface area contributed by atoms with Crippen LogP contribution in [0, 0.1) is 5.41 Å². The van der Waals surface area contributed by atoms with E-state index < -0.39 is 0 Å². The molecule has 138 valence electrons. The van der Waals surface area contributed by atoms with Crippen molar-refractivity contribution in [3.8, 4) is 0 Å². The summed E-state index contributed by atoms with van der Waals surface area (Å²) in [7, 11) is 5.79. The normalized spacial score (nSPS) is 17.4. The first-order chi connectivity index (χ1) is 10.5. The lowest BCUT2D eigenvalue weighted by atomic mass is 9.83. The van der Waals surface area contributed by atoms with Crippen LogP contribution in [0.1, 0.15) is 46.0 Å². The second-order valence-electron chi connectivity index (χ2n) is 6.88. The second kappa shape index (κ2) is 12.3. The molecular weight excluding hydrogens is 403 g/mol. The average molecular weight is 440 g/mol. The minimum Gasteiger partial charge on any atom is -0.385 e. The molecule has 23 heavy (non-hydrogen) atoms. The maximum absolute atomic E-state index is 5.30. The molecule has 5 nitrogen and oxygen atoms in total. The first-order valence-electron chi connectivity index (χ1n) is 8.67. The predicted molar refractivity (Wildman–Crippen MR) is 110 cm³/mol. The van der Waals surface area contributed by atoms with Crippen LogP contribution in [0.2, 0.25) is 0 Å². The summed E-state index contributed by atoms with van der Waals surface area (Å²) in [5, 5.41) is 6.95. The Morgan fingerprint density at radius 1 is 1.26 bits per heavy atom. The van der Waals surface area contributed by atoms with Crippen molar-refractivity contribution in [3.05, 3.63) is 0 Å². The molecule has 1 aliphatic rings. The molecule has 2 N–H and O–H groups in total. The summed E-state index contributed by atoms with van der Waals surface area (Å²) < 4.78 is 5.30. The Morgan fingerprint density at radius 3 is 2.43 bits per heavy atom. The van der Waals surface area contributed by atoms with E-state index >= 15 is 0 Å². The van der Waals surface area contributed by atoms with Gasteiger partial charge in [0.2, 0.25) is 0 Å². The molecule has 1 saturated carbocycles. The van der Waals surface area contributed by atoms with Crippen molar-refractivity contribution in [2.45, 2.75) is 52.0 Å². The Labute approximate surface area is 160 Å². The zero-order valence-electron chi connectivity index (χ0n) is 15.7. The molecule has 1 rings (SSSR count). The van der Waals surface area contributed by atoms with Gasteiger partial charge in [0.05, 0.1) is 0 Å². The molecule has 0 spiro atoms. The molecule has 0 aromatic heterocycles. The van der Waals surface area contributed by atoms with E-state index in [4.69, 9.17) is 4.74 Å². The Hall–Kier alpha value is -0.0800. The number of methoxy groups -OCH3 is 1. The van der Waals surface area contributed by atoms with E-state index in [1.807, 2.05) is 7.05 Å². The maximum Gasteiger partial charge on any atom is 0.191 e. The van der Waals surface area contributed by atoms with E-state index in [2.05, 4.69) is 41.4 Å². The van der Waals surface area contributed by atoms with Crippen LogP contribution in [0.5, 0.6) is 0 Å². The number of ether oxygens (including phenoxy) is 1. The summed E-state index contributed by atoms with van der Waals surface area (Å²) in [5.41, 5.74) is 0.391. The highest BCUT2D eigenvalue weighted by atomic mass is 127. The van der Waals surface area contributed by atoms with Gasteiger partial charge in [-0.3, -0.25) is 4.99 Å². The average Bonchev–Trinajstić information content (AvgIpc) is 2.97. The molecule has 6 heteroatoms. The van der Waals surface area contributed by atoms with Gasteiger partial charge in [0.1, 0.15) is 0 Å². The number of hydrogen-bond donors (Lipinski definition) is 2. The quantitative estimate of drug-likeness (QED) is 0.329. The van der Waals surface area contributed by atoms with E-state index in [-0.39, 0.29) is 24.0 Å². The number of hydrogen-bond acceptors (Lipinski definition) is 3. The summed E-state index contributed by atoms with van der Waals surface area (Å²) in [6.07, 6.45) is 6.43. The van der Waals surface area contributed by atoms with Crippen LogP contribution >= 0.6 is 24.0 Å². The van der Waals surface area contributed by atoms with Crippen molar-refractivity contribution in [2.75, 3.05) is 47.4 Å². The van der Waals surface area contributed by atoms with E-state index in [1.54, 1.807) is 7.11 Å². The number of likely N-dealkylation sites (N-methyl/N-ethyl adjacent to an activating group) is 1. The van der Waals surface area contributed by atoms with Crippen molar-refractivity contribution in [3.63, 3.8) is 0 Å². The van der Waals surface area contributed by atoms with Crippen LogP contribution < -0.4 is 10.6 Å². The standard InChI is InChI=1S/C17H36N4O.HI/c1-15(2)21(4)12-11-19-16(18-3)20-14-17(10-13-22-5)8-6-7-9-17;/h15H,6-14H2,1-5H3,(H2,18,19,20);1H. The number of nitrogens with zero attached hydrogens (tertiary/aromatic N) is 2. The molecule has 0 bridgehead atoms. The van der Waals surface area contributed by atoms with Crippen molar-refractivity contribution >= 4 is 29.9 Å². The molecule has 0 aliphatic heterocycles. The van der Waals surface area contributed by atoms with Crippen molar-refractivity contribution in [1.29, 1.82) is 0 Å². The third kappa shape index (κ3) is 8.54. The number of guanidine groups is 1. The van der Waals surface area contributed by atoms with Gasteiger partial charge in [0, 0.05) is 46.4 Å². The van der Waals surface area contributed by atoms with Gasteiger partial charge in [0.15, 0.2) is 5.96 Å². The molecule has 0 aromatic carbocycles. The fourth-order valence-corrected chi connectivity index (χ4v) is 3.06. The highest BCUT2D eigenvalue weighted by Crippen LogP contribution is 2.40. The van der Waals surface area contributed by atoms with E-state index in [9.17, 15) is 0 Å². The minimum atomic E-state index is 0. The third-order valence-electron chi connectivity index (χ3n) is 4.99. The summed E-state index contributed by atoms with van der Waals surface area (Å²) in [5.74, 6) is 0.917. The molecule has 0 unspecified atom stereocenters. The van der Waals surface area contributed by atoms with Gasteiger partial charge >= 0.3 is 0 Å². The molecule has 0 atom stereocenters. The van der Waals surface area contributed by atoms with E-state index in [1.165, 1.54) is 25.7 Å². The van der Waals surface area contributed by atoms with Crippen LogP contribution in [-0.4, -0.2) is 64.3 Å². The zero-order valence-corrected chi connectivity index (χ0v) is 18.0. The molecule has 1 aliphatic carbocycles. The summed E-state index contributed by atoms with van der Waals surface area (Å²) in [4.78, 5) is 6.68. The fourth-order valence-electron chi connectivity index (χ4n) is 3.06. The Kier molecular flexibility index (Phi) is 12.3. The largest absolute Gasteiger partial charge is 0.385 e. The monoisotopic (exact) mass is 440 g/mol. The van der Waals surface area contributed by atoms with E-state index in [0.29, 0.717) is 11.5 Å². The van der Waals surface area contributed by atoms with Gasteiger partial charge in [-0.1, -0.05) is 12.8 Å². The summed E-state index contributed by atoms with van der Waals surface area (Å²) in [6.45, 7) is 8.22. The van der Waals surface area contributed by atoms with E-state index in [0.717, 1.165) is 38.6 Å². The van der Waals surface area contributed by atoms with Crippen LogP contribution in [0.4, 0.5) is 0 Å². The number of nitrogens with one attached hydrogen (secondary N) is 2. The molecule has 0 saturated heterocycles. The van der Waals surface area contributed by atoms with Gasteiger partial charge in [0.25, 0.3) is 0 Å². The molecular formula is C17H37IN4O. The lowest BCUT2D eigenvalue weighted by molar-refractivity contribution is 0.138. The molecule has 0 radical (unpaired) electrons. The maximum atomic E-state index is 5.30. The third-order valence-corrected chi connectivity index (χ3v) is 4.99. The topological polar surface area (TPSA) is 48.9 Å². The molecule has 1 fully saturated rings. The highest BCUT2D eigenvalue weighted by Gasteiger charge is 2.33. The Morgan fingerprint density at radius 2 is 1.91 bits per heavy atom. The predicted octanol–water partition coefficient (Wildman–Crippen LogP) is 2.71. The molecule has 0 heterocycles. The number of aliphatic imine (C=N–C) groups is 1. The first-order valence-corrected chi connectivity index (χ1v) is 8.67. The van der Waals surface area contributed by atoms with Crippen LogP contribution in [0.25, 0.3) is 0 Å². The molecule has 0 aromatic rings. The Bertz CT molecular complexity index is 331. The lowest BCUT2D eigenvalue weighted by Gasteiger charge is -2.30. The van der Waals surface area contributed by atoms with Gasteiger partial charge in [-0.2, -0.15) is 0 Å². The van der Waals surface area contributed by atoms with Crippen LogP contribution in [0.3, 0.4) is 0 Å². The van der Waals surface area contributed by atoms with Crippen LogP contribution in [0.15, 0.2) is 4.99 Å². The number of halogens is 1. The first kappa shape index (κ1) is 22.9. The van der Waals surface area contributed by atoms with Crippen LogP contribution in [-0.2, 0) is 4.74 Å². The molecule has 0 amide bonds. The summed E-state index contributed by atoms with van der Waals surface area (Å²) >= 11 is 0. The SMILES string of the molecule is CN=C(NCCN(C)C(C)C)NCC1(CCOC)CCCC1.I. The lowest BCUT2D eigenvalue weighted by Crippen LogP contribution is -2.45. The second-order valence-corrected chi connectivity index (χ2v) is 6.88. The van der Waals surface area contributed by atoms with Gasteiger partial charge in [-0.15, -0.1) is 24.0 Å².